The quantitative estimate of drug-likeness (QED) is 0.479. The molecule has 4 saturated carbocycles. The lowest BCUT2D eigenvalue weighted by Crippen LogP contribution is -2.18. The Kier molecular flexibility index (Phi) is 0.810. The molecule has 0 amide bonds. The van der Waals surface area contributed by atoms with Crippen LogP contribution in [0.25, 0.3) is 0 Å². The van der Waals surface area contributed by atoms with Crippen molar-refractivity contribution in [1.29, 1.82) is 0 Å². The number of hydrogen-bond acceptors (Lipinski definition) is 0. The van der Waals surface area contributed by atoms with Crippen molar-refractivity contribution in [2.75, 3.05) is 0 Å². The highest BCUT2D eigenvalue weighted by Gasteiger charge is 2.54. The molecule has 0 saturated heterocycles. The van der Waals surface area contributed by atoms with E-state index >= 15 is 0 Å². The summed E-state index contributed by atoms with van der Waals surface area (Å²) in [6.45, 7) is 4.41. The van der Waals surface area contributed by atoms with Crippen LogP contribution in [-0.2, 0) is 0 Å². The number of rotatable bonds is 0. The van der Waals surface area contributed by atoms with Gasteiger partial charge in [0.15, 0.2) is 0 Å². The fourth-order valence-corrected chi connectivity index (χ4v) is 3.96. The minimum Gasteiger partial charge on any atom is -0.0475 e. The molecule has 0 N–H and O–H groups in total. The Labute approximate surface area is 63.0 Å². The van der Waals surface area contributed by atoms with Gasteiger partial charge >= 0.3 is 0 Å². The van der Waals surface area contributed by atoms with Crippen LogP contribution in [0.4, 0.5) is 0 Å². The lowest BCUT2D eigenvalue weighted by molar-refractivity contribution is 0.250. The maximum absolute atomic E-state index is 4.41. The Morgan fingerprint density at radius 3 is 2.00 bits per heavy atom. The molecule has 0 aromatic rings. The third-order valence-electron chi connectivity index (χ3n) is 4.16. The zero-order valence-corrected chi connectivity index (χ0v) is 6.47. The SMILES string of the molecule is [CH2]C12CC3CC(CC1C3)C2. The Hall–Kier alpha value is 0. The van der Waals surface area contributed by atoms with E-state index in [9.17, 15) is 0 Å². The summed E-state index contributed by atoms with van der Waals surface area (Å²) in [4.78, 5) is 0. The van der Waals surface area contributed by atoms with Gasteiger partial charge in [-0.2, -0.15) is 0 Å². The third kappa shape index (κ3) is 0.500. The summed E-state index contributed by atoms with van der Waals surface area (Å²) >= 11 is 0. The van der Waals surface area contributed by atoms with Gasteiger partial charge in [-0.05, 0) is 62.2 Å². The second-order valence-corrected chi connectivity index (χ2v) is 4.91. The van der Waals surface area contributed by atoms with Crippen molar-refractivity contribution >= 4 is 0 Å². The van der Waals surface area contributed by atoms with Crippen LogP contribution in [0.3, 0.4) is 0 Å². The van der Waals surface area contributed by atoms with Crippen LogP contribution in [0.2, 0.25) is 0 Å². The molecule has 0 heteroatoms. The molecule has 4 rings (SSSR count). The van der Waals surface area contributed by atoms with E-state index < -0.39 is 0 Å². The van der Waals surface area contributed by atoms with Gasteiger partial charge in [0.05, 0.1) is 0 Å². The molecule has 1 radical (unpaired) electrons. The molecular weight excluding hydrogens is 120 g/mol. The lowest BCUT2D eigenvalue weighted by atomic mass is 9.77. The molecule has 55 valence electrons. The molecule has 0 aromatic heterocycles. The van der Waals surface area contributed by atoms with Crippen LogP contribution < -0.4 is 0 Å². The lowest BCUT2D eigenvalue weighted by Gasteiger charge is -2.28. The summed E-state index contributed by atoms with van der Waals surface area (Å²) in [7, 11) is 0. The van der Waals surface area contributed by atoms with Gasteiger partial charge in [0.25, 0.3) is 0 Å². The van der Waals surface area contributed by atoms with E-state index in [4.69, 9.17) is 0 Å². The van der Waals surface area contributed by atoms with Crippen molar-refractivity contribution in [2.45, 2.75) is 32.1 Å². The summed E-state index contributed by atoms with van der Waals surface area (Å²) in [5, 5.41) is 0. The molecule has 0 aromatic carbocycles. The van der Waals surface area contributed by atoms with E-state index in [2.05, 4.69) is 6.92 Å². The van der Waals surface area contributed by atoms with Crippen molar-refractivity contribution in [3.63, 3.8) is 0 Å². The van der Waals surface area contributed by atoms with Crippen molar-refractivity contribution in [2.24, 2.45) is 23.2 Å². The van der Waals surface area contributed by atoms with Crippen molar-refractivity contribution in [1.82, 2.24) is 0 Å². The molecule has 0 aliphatic heterocycles. The normalized spacial score (nSPS) is 63.9. The zero-order valence-electron chi connectivity index (χ0n) is 6.47. The minimum atomic E-state index is 0.577. The van der Waals surface area contributed by atoms with Gasteiger partial charge in [0.2, 0.25) is 0 Å². The van der Waals surface area contributed by atoms with E-state index in [-0.39, 0.29) is 0 Å². The summed E-state index contributed by atoms with van der Waals surface area (Å²) in [6, 6.07) is 0. The summed E-state index contributed by atoms with van der Waals surface area (Å²) < 4.78 is 0. The molecule has 2 unspecified atom stereocenters. The Morgan fingerprint density at radius 2 is 1.60 bits per heavy atom. The van der Waals surface area contributed by atoms with E-state index in [0.717, 1.165) is 17.8 Å². The van der Waals surface area contributed by atoms with Crippen molar-refractivity contribution < 1.29 is 0 Å². The Morgan fingerprint density at radius 1 is 1.00 bits per heavy atom. The highest BCUT2D eigenvalue weighted by molar-refractivity contribution is 5.08. The molecule has 2 atom stereocenters. The Bertz CT molecular complexity index is 157. The van der Waals surface area contributed by atoms with E-state index in [0.29, 0.717) is 5.41 Å². The molecule has 4 bridgehead atoms. The van der Waals surface area contributed by atoms with Crippen LogP contribution in [-0.4, -0.2) is 0 Å². The second kappa shape index (κ2) is 1.44. The highest BCUT2D eigenvalue weighted by Crippen LogP contribution is 2.64. The average molecular weight is 135 g/mol. The van der Waals surface area contributed by atoms with Crippen molar-refractivity contribution in [3.8, 4) is 0 Å². The Balaban J connectivity index is 2.04. The summed E-state index contributed by atoms with van der Waals surface area (Å²) in [5.41, 5.74) is 0.577. The molecule has 0 spiro atoms. The first-order valence-electron chi connectivity index (χ1n) is 4.62. The van der Waals surface area contributed by atoms with Crippen LogP contribution in [0, 0.1) is 30.1 Å². The van der Waals surface area contributed by atoms with Gasteiger partial charge in [0.1, 0.15) is 0 Å². The zero-order chi connectivity index (χ0) is 6.77. The van der Waals surface area contributed by atoms with Gasteiger partial charge in [-0.3, -0.25) is 0 Å². The second-order valence-electron chi connectivity index (χ2n) is 4.91. The summed E-state index contributed by atoms with van der Waals surface area (Å²) in [5.74, 6) is 3.22. The first kappa shape index (κ1) is 5.62. The highest BCUT2D eigenvalue weighted by atomic mass is 14.6. The molecule has 4 aliphatic carbocycles. The smallest absolute Gasteiger partial charge is 0.0263 e. The molecule has 4 aliphatic rings. The van der Waals surface area contributed by atoms with Gasteiger partial charge < -0.3 is 0 Å². The summed E-state index contributed by atoms with van der Waals surface area (Å²) in [6.07, 6.45) is 7.54. The van der Waals surface area contributed by atoms with Crippen LogP contribution >= 0.6 is 0 Å². The molecule has 10 heavy (non-hydrogen) atoms. The van der Waals surface area contributed by atoms with E-state index in [1.165, 1.54) is 25.7 Å². The topological polar surface area (TPSA) is 0 Å². The predicted octanol–water partition coefficient (Wildman–Crippen LogP) is 2.65. The fourth-order valence-electron chi connectivity index (χ4n) is 3.96. The van der Waals surface area contributed by atoms with Gasteiger partial charge in [-0.25, -0.2) is 0 Å². The van der Waals surface area contributed by atoms with E-state index in [1.54, 1.807) is 6.42 Å². The molecule has 4 fully saturated rings. The predicted molar refractivity (Wildman–Crippen MR) is 41.3 cm³/mol. The van der Waals surface area contributed by atoms with E-state index in [1.807, 2.05) is 0 Å². The number of hydrogen-bond donors (Lipinski definition) is 0. The first-order chi connectivity index (χ1) is 4.76. The fraction of sp³-hybridized carbons (Fsp3) is 0.900. The maximum Gasteiger partial charge on any atom is -0.0263 e. The molecule has 0 heterocycles. The van der Waals surface area contributed by atoms with Crippen LogP contribution in [0.1, 0.15) is 32.1 Å². The van der Waals surface area contributed by atoms with Crippen molar-refractivity contribution in [3.05, 3.63) is 6.92 Å². The van der Waals surface area contributed by atoms with Crippen LogP contribution in [0.5, 0.6) is 0 Å². The first-order valence-corrected chi connectivity index (χ1v) is 4.62. The standard InChI is InChI=1S/C10H15/c1-10-5-7-2-8(6-10)4-9(10)3-7/h7-9H,1-6H2. The van der Waals surface area contributed by atoms with Gasteiger partial charge in [-0.15, -0.1) is 0 Å². The average Bonchev–Trinajstić information content (AvgIpc) is 2.14. The monoisotopic (exact) mass is 135 g/mol. The minimum absolute atomic E-state index is 0.577. The maximum atomic E-state index is 4.41. The van der Waals surface area contributed by atoms with Gasteiger partial charge in [-0.1, -0.05) is 0 Å². The molecule has 0 nitrogen and oxygen atoms in total. The van der Waals surface area contributed by atoms with Crippen LogP contribution in [0.15, 0.2) is 0 Å². The molecular formula is C10H15. The van der Waals surface area contributed by atoms with Gasteiger partial charge in [0, 0.05) is 0 Å². The third-order valence-corrected chi connectivity index (χ3v) is 4.16. The largest absolute Gasteiger partial charge is 0.0475 e.